The number of rotatable bonds is 2. The van der Waals surface area contributed by atoms with Crippen molar-refractivity contribution in [3.63, 3.8) is 0 Å². The average Bonchev–Trinajstić information content (AvgIpc) is 2.32. The molecule has 2 unspecified atom stereocenters. The second-order valence-corrected chi connectivity index (χ2v) is 3.59. The van der Waals surface area contributed by atoms with E-state index in [4.69, 9.17) is 5.11 Å². The molecule has 70 valence electrons. The molecular formula is C8H12F2O2. The number of carboxylic acids is 1. The number of carboxylic acid groups (broad SMARTS) is 1. The van der Waals surface area contributed by atoms with Crippen molar-refractivity contribution in [3.8, 4) is 0 Å². The first-order valence-electron chi connectivity index (χ1n) is 3.99. The highest BCUT2D eigenvalue weighted by Crippen LogP contribution is 2.47. The molecular weight excluding hydrogens is 166 g/mol. The van der Waals surface area contributed by atoms with E-state index in [-0.39, 0.29) is 0 Å². The van der Waals surface area contributed by atoms with Gasteiger partial charge < -0.3 is 5.11 Å². The van der Waals surface area contributed by atoms with Gasteiger partial charge in [0.2, 0.25) is 6.43 Å². The topological polar surface area (TPSA) is 37.3 Å². The van der Waals surface area contributed by atoms with E-state index < -0.39 is 23.7 Å². The summed E-state index contributed by atoms with van der Waals surface area (Å²) in [7, 11) is 0. The standard InChI is InChI=1S/C8H12F2O2/c1-8(7(9)10)4-2-3-5(8)6(11)12/h5,7H,2-4H2,1H3,(H,11,12). The van der Waals surface area contributed by atoms with Gasteiger partial charge in [-0.2, -0.15) is 0 Å². The number of carbonyl (C=O) groups is 1. The third-order valence-electron chi connectivity index (χ3n) is 2.80. The first-order chi connectivity index (χ1) is 5.48. The quantitative estimate of drug-likeness (QED) is 0.703. The lowest BCUT2D eigenvalue weighted by molar-refractivity contribution is -0.149. The maximum absolute atomic E-state index is 12.5. The van der Waals surface area contributed by atoms with Crippen molar-refractivity contribution < 1.29 is 18.7 Å². The summed E-state index contributed by atoms with van der Waals surface area (Å²) in [6.45, 7) is 1.36. The monoisotopic (exact) mass is 178 g/mol. The van der Waals surface area contributed by atoms with Gasteiger partial charge in [0, 0.05) is 5.41 Å². The lowest BCUT2D eigenvalue weighted by Crippen LogP contribution is -2.34. The highest BCUT2D eigenvalue weighted by atomic mass is 19.3. The highest BCUT2D eigenvalue weighted by molar-refractivity contribution is 5.71. The number of hydrogen-bond donors (Lipinski definition) is 1. The van der Waals surface area contributed by atoms with Crippen LogP contribution in [0.1, 0.15) is 26.2 Å². The normalized spacial score (nSPS) is 35.8. The van der Waals surface area contributed by atoms with Crippen molar-refractivity contribution >= 4 is 5.97 Å². The van der Waals surface area contributed by atoms with Crippen LogP contribution in [0.3, 0.4) is 0 Å². The number of halogens is 2. The van der Waals surface area contributed by atoms with Gasteiger partial charge in [0.25, 0.3) is 0 Å². The maximum Gasteiger partial charge on any atom is 0.307 e. The zero-order valence-corrected chi connectivity index (χ0v) is 6.89. The second kappa shape index (κ2) is 2.99. The van der Waals surface area contributed by atoms with Crippen molar-refractivity contribution in [1.82, 2.24) is 0 Å². The molecule has 1 aliphatic carbocycles. The van der Waals surface area contributed by atoms with Gasteiger partial charge in [0.05, 0.1) is 5.92 Å². The fourth-order valence-electron chi connectivity index (χ4n) is 1.86. The van der Waals surface area contributed by atoms with Crippen LogP contribution in [0.25, 0.3) is 0 Å². The van der Waals surface area contributed by atoms with E-state index in [0.29, 0.717) is 19.3 Å². The van der Waals surface area contributed by atoms with E-state index in [9.17, 15) is 13.6 Å². The predicted molar refractivity (Wildman–Crippen MR) is 39.1 cm³/mol. The summed E-state index contributed by atoms with van der Waals surface area (Å²) in [6, 6.07) is 0. The molecule has 0 aromatic rings. The molecule has 1 saturated carbocycles. The minimum atomic E-state index is -2.53. The molecule has 4 heteroatoms. The van der Waals surface area contributed by atoms with Gasteiger partial charge in [0.15, 0.2) is 0 Å². The molecule has 0 radical (unpaired) electrons. The van der Waals surface area contributed by atoms with Gasteiger partial charge in [-0.25, -0.2) is 8.78 Å². The number of aliphatic carboxylic acids is 1. The van der Waals surface area contributed by atoms with Gasteiger partial charge in [0.1, 0.15) is 0 Å². The molecule has 1 N–H and O–H groups in total. The van der Waals surface area contributed by atoms with Crippen LogP contribution >= 0.6 is 0 Å². The Bertz CT molecular complexity index is 193. The lowest BCUT2D eigenvalue weighted by Gasteiger charge is -2.27. The molecule has 1 aliphatic rings. The summed E-state index contributed by atoms with van der Waals surface area (Å²) in [5.41, 5.74) is -1.30. The van der Waals surface area contributed by atoms with E-state index in [1.807, 2.05) is 0 Å². The van der Waals surface area contributed by atoms with E-state index in [0.717, 1.165) is 0 Å². The molecule has 1 fully saturated rings. The molecule has 1 rings (SSSR count). The molecule has 2 atom stereocenters. The molecule has 0 bridgehead atoms. The van der Waals surface area contributed by atoms with E-state index in [1.165, 1.54) is 6.92 Å². The van der Waals surface area contributed by atoms with Crippen LogP contribution in [0.15, 0.2) is 0 Å². The molecule has 12 heavy (non-hydrogen) atoms. The van der Waals surface area contributed by atoms with Crippen LogP contribution in [0.4, 0.5) is 8.78 Å². The first kappa shape index (κ1) is 9.42. The Morgan fingerprint density at radius 1 is 1.67 bits per heavy atom. The van der Waals surface area contributed by atoms with Crippen molar-refractivity contribution in [2.24, 2.45) is 11.3 Å². The fraction of sp³-hybridized carbons (Fsp3) is 0.875. The molecule has 0 saturated heterocycles. The smallest absolute Gasteiger partial charge is 0.307 e. The Kier molecular flexibility index (Phi) is 2.35. The summed E-state index contributed by atoms with van der Waals surface area (Å²) in [4.78, 5) is 10.6. The van der Waals surface area contributed by atoms with E-state index in [1.54, 1.807) is 0 Å². The van der Waals surface area contributed by atoms with Crippen molar-refractivity contribution in [2.45, 2.75) is 32.6 Å². The molecule has 0 aromatic heterocycles. The summed E-state index contributed by atoms with van der Waals surface area (Å²) >= 11 is 0. The summed E-state index contributed by atoms with van der Waals surface area (Å²) in [5, 5.41) is 8.66. The lowest BCUT2D eigenvalue weighted by atomic mass is 9.80. The molecule has 0 aromatic carbocycles. The maximum atomic E-state index is 12.5. The van der Waals surface area contributed by atoms with Gasteiger partial charge in [-0.15, -0.1) is 0 Å². The van der Waals surface area contributed by atoms with Crippen LogP contribution in [-0.4, -0.2) is 17.5 Å². The Labute approximate surface area is 69.6 Å². The van der Waals surface area contributed by atoms with Crippen LogP contribution in [0, 0.1) is 11.3 Å². The molecule has 0 heterocycles. The van der Waals surface area contributed by atoms with Crippen LogP contribution < -0.4 is 0 Å². The minimum Gasteiger partial charge on any atom is -0.481 e. The first-order valence-corrected chi connectivity index (χ1v) is 3.99. The third kappa shape index (κ3) is 1.30. The van der Waals surface area contributed by atoms with Gasteiger partial charge in [-0.05, 0) is 12.8 Å². The summed E-state index contributed by atoms with van der Waals surface area (Å²) in [5.74, 6) is -1.95. The molecule has 0 aliphatic heterocycles. The summed E-state index contributed by atoms with van der Waals surface area (Å²) < 4.78 is 24.9. The van der Waals surface area contributed by atoms with E-state index in [2.05, 4.69) is 0 Å². The van der Waals surface area contributed by atoms with E-state index >= 15 is 0 Å². The largest absolute Gasteiger partial charge is 0.481 e. The van der Waals surface area contributed by atoms with Crippen molar-refractivity contribution in [3.05, 3.63) is 0 Å². The van der Waals surface area contributed by atoms with Crippen LogP contribution in [-0.2, 0) is 4.79 Å². The van der Waals surface area contributed by atoms with Crippen molar-refractivity contribution in [1.29, 1.82) is 0 Å². The minimum absolute atomic E-state index is 0.321. The van der Waals surface area contributed by atoms with Crippen LogP contribution in [0.5, 0.6) is 0 Å². The average molecular weight is 178 g/mol. The Morgan fingerprint density at radius 3 is 2.58 bits per heavy atom. The predicted octanol–water partition coefficient (Wildman–Crippen LogP) is 2.14. The summed E-state index contributed by atoms with van der Waals surface area (Å²) in [6.07, 6.45) is -1.23. The Balaban J connectivity index is 2.81. The SMILES string of the molecule is CC1(C(F)F)CCCC1C(=O)O. The Morgan fingerprint density at radius 2 is 2.25 bits per heavy atom. The Hall–Kier alpha value is -0.670. The number of alkyl halides is 2. The van der Waals surface area contributed by atoms with Crippen LogP contribution in [0.2, 0.25) is 0 Å². The molecule has 0 amide bonds. The van der Waals surface area contributed by atoms with Crippen molar-refractivity contribution in [2.75, 3.05) is 0 Å². The number of hydrogen-bond acceptors (Lipinski definition) is 1. The third-order valence-corrected chi connectivity index (χ3v) is 2.80. The zero-order chi connectivity index (χ0) is 9.35. The van der Waals surface area contributed by atoms with Gasteiger partial charge >= 0.3 is 5.97 Å². The highest BCUT2D eigenvalue weighted by Gasteiger charge is 2.49. The second-order valence-electron chi connectivity index (χ2n) is 3.59. The fourth-order valence-corrected chi connectivity index (χ4v) is 1.86. The molecule has 0 spiro atoms. The van der Waals surface area contributed by atoms with Gasteiger partial charge in [-0.3, -0.25) is 4.79 Å². The van der Waals surface area contributed by atoms with Gasteiger partial charge in [-0.1, -0.05) is 13.3 Å². The zero-order valence-electron chi connectivity index (χ0n) is 6.89. The molecule has 2 nitrogen and oxygen atoms in total.